The van der Waals surface area contributed by atoms with Crippen molar-refractivity contribution < 1.29 is 14.1 Å². The van der Waals surface area contributed by atoms with E-state index in [4.69, 9.17) is 9.26 Å². The van der Waals surface area contributed by atoms with Gasteiger partial charge in [-0.25, -0.2) is 9.69 Å². The summed E-state index contributed by atoms with van der Waals surface area (Å²) < 4.78 is 10.1. The molecular formula is C13H16N2O3S. The third-order valence-electron chi connectivity index (χ3n) is 2.55. The summed E-state index contributed by atoms with van der Waals surface area (Å²) in [6, 6.07) is 5.45. The average Bonchev–Trinajstić information content (AvgIpc) is 2.99. The van der Waals surface area contributed by atoms with Crippen LogP contribution in [0.1, 0.15) is 26.5 Å². The highest BCUT2D eigenvalue weighted by atomic mass is 32.1. The Labute approximate surface area is 115 Å². The minimum atomic E-state index is -0.490. The van der Waals surface area contributed by atoms with Gasteiger partial charge in [-0.3, -0.25) is 0 Å². The van der Waals surface area contributed by atoms with Crippen LogP contribution in [0.3, 0.4) is 0 Å². The van der Waals surface area contributed by atoms with E-state index in [-0.39, 0.29) is 5.41 Å². The molecule has 102 valence electrons. The first-order valence-electron chi connectivity index (χ1n) is 5.82. The van der Waals surface area contributed by atoms with Crippen LogP contribution in [0.5, 0.6) is 0 Å². The molecule has 0 aliphatic heterocycles. The third kappa shape index (κ3) is 2.78. The summed E-state index contributed by atoms with van der Waals surface area (Å²) in [4.78, 5) is 13.3. The van der Waals surface area contributed by atoms with Crippen LogP contribution in [0, 0.1) is 0 Å². The minimum Gasteiger partial charge on any atom is -0.452 e. The summed E-state index contributed by atoms with van der Waals surface area (Å²) in [5, 5.41) is 6.59. The van der Waals surface area contributed by atoms with Crippen LogP contribution >= 0.6 is 11.3 Å². The van der Waals surface area contributed by atoms with Gasteiger partial charge in [0.15, 0.2) is 5.82 Å². The lowest BCUT2D eigenvalue weighted by Gasteiger charge is -2.16. The molecule has 5 nitrogen and oxygen atoms in total. The standard InChI is InChI=1S/C13H16N2O3S/c1-13(2,3)9-8-10(14-18-9)15(12(16)17-4)11-6-5-7-19-11/h5-8H,1-4H3. The molecule has 6 heteroatoms. The molecule has 2 rings (SSSR count). The van der Waals surface area contributed by atoms with Gasteiger partial charge in [0.1, 0.15) is 10.8 Å². The zero-order valence-corrected chi connectivity index (χ0v) is 12.2. The SMILES string of the molecule is COC(=O)N(c1cc(C(C)(C)C)on1)c1cccs1. The Morgan fingerprint density at radius 2 is 2.21 bits per heavy atom. The maximum atomic E-state index is 11.9. The van der Waals surface area contributed by atoms with Crippen molar-refractivity contribution in [3.63, 3.8) is 0 Å². The normalized spacial score (nSPS) is 11.4. The van der Waals surface area contributed by atoms with E-state index in [0.29, 0.717) is 11.6 Å². The van der Waals surface area contributed by atoms with E-state index >= 15 is 0 Å². The molecule has 1 amide bonds. The first-order chi connectivity index (χ1) is 8.93. The van der Waals surface area contributed by atoms with Gasteiger partial charge < -0.3 is 9.26 Å². The zero-order valence-electron chi connectivity index (χ0n) is 11.3. The smallest absolute Gasteiger partial charge is 0.420 e. The van der Waals surface area contributed by atoms with Crippen LogP contribution in [0.25, 0.3) is 0 Å². The Hall–Kier alpha value is -1.82. The molecule has 0 saturated heterocycles. The lowest BCUT2D eigenvalue weighted by atomic mass is 9.93. The van der Waals surface area contributed by atoms with Gasteiger partial charge in [0.05, 0.1) is 7.11 Å². The van der Waals surface area contributed by atoms with Crippen molar-refractivity contribution in [2.24, 2.45) is 0 Å². The Morgan fingerprint density at radius 3 is 2.68 bits per heavy atom. The molecule has 0 spiro atoms. The van der Waals surface area contributed by atoms with Gasteiger partial charge in [0.25, 0.3) is 0 Å². The van der Waals surface area contributed by atoms with Crippen LogP contribution in [0.4, 0.5) is 15.6 Å². The number of hydrogen-bond acceptors (Lipinski definition) is 5. The predicted octanol–water partition coefficient (Wildman–Crippen LogP) is 3.94. The molecule has 2 aromatic heterocycles. The zero-order chi connectivity index (χ0) is 14.0. The van der Waals surface area contributed by atoms with Gasteiger partial charge >= 0.3 is 6.09 Å². The number of thiophene rings is 1. The molecule has 0 unspecified atom stereocenters. The van der Waals surface area contributed by atoms with E-state index in [0.717, 1.165) is 5.00 Å². The Balaban J connectivity index is 2.40. The second-order valence-corrected chi connectivity index (χ2v) is 5.98. The summed E-state index contributed by atoms with van der Waals surface area (Å²) in [6.07, 6.45) is -0.490. The summed E-state index contributed by atoms with van der Waals surface area (Å²) in [5.74, 6) is 1.15. The number of anilines is 2. The highest BCUT2D eigenvalue weighted by Crippen LogP contribution is 2.32. The molecule has 0 radical (unpaired) electrons. The molecule has 0 aliphatic carbocycles. The summed E-state index contributed by atoms with van der Waals surface area (Å²) in [7, 11) is 1.34. The number of carbonyl (C=O) groups excluding carboxylic acids is 1. The molecule has 0 aromatic carbocycles. The lowest BCUT2D eigenvalue weighted by molar-refractivity contribution is 0.181. The fourth-order valence-corrected chi connectivity index (χ4v) is 2.24. The van der Waals surface area contributed by atoms with Crippen LogP contribution in [-0.4, -0.2) is 18.4 Å². The first-order valence-corrected chi connectivity index (χ1v) is 6.70. The van der Waals surface area contributed by atoms with Gasteiger partial charge in [0, 0.05) is 11.5 Å². The van der Waals surface area contributed by atoms with Gasteiger partial charge in [0.2, 0.25) is 0 Å². The van der Waals surface area contributed by atoms with Crippen molar-refractivity contribution in [2.75, 3.05) is 12.0 Å². The van der Waals surface area contributed by atoms with Crippen molar-refractivity contribution in [1.82, 2.24) is 5.16 Å². The summed E-state index contributed by atoms with van der Waals surface area (Å²) in [6.45, 7) is 6.06. The molecule has 0 atom stereocenters. The van der Waals surface area contributed by atoms with Gasteiger partial charge in [-0.05, 0) is 17.5 Å². The van der Waals surface area contributed by atoms with Crippen molar-refractivity contribution >= 4 is 28.2 Å². The molecule has 2 heterocycles. The fourth-order valence-electron chi connectivity index (χ4n) is 1.51. The highest BCUT2D eigenvalue weighted by molar-refractivity contribution is 7.14. The van der Waals surface area contributed by atoms with E-state index in [2.05, 4.69) is 5.16 Å². The molecule has 0 N–H and O–H groups in total. The van der Waals surface area contributed by atoms with Crippen LogP contribution in [-0.2, 0) is 10.2 Å². The van der Waals surface area contributed by atoms with Crippen LogP contribution < -0.4 is 4.90 Å². The van der Waals surface area contributed by atoms with Crippen LogP contribution in [0.15, 0.2) is 28.1 Å². The van der Waals surface area contributed by atoms with E-state index in [1.807, 2.05) is 38.3 Å². The number of methoxy groups -OCH3 is 1. The molecule has 19 heavy (non-hydrogen) atoms. The van der Waals surface area contributed by atoms with Gasteiger partial charge in [-0.2, -0.15) is 0 Å². The average molecular weight is 280 g/mol. The molecule has 0 bridgehead atoms. The van der Waals surface area contributed by atoms with Crippen molar-refractivity contribution in [3.05, 3.63) is 29.3 Å². The van der Waals surface area contributed by atoms with Gasteiger partial charge in [-0.1, -0.05) is 25.9 Å². The quantitative estimate of drug-likeness (QED) is 0.836. The maximum Gasteiger partial charge on any atom is 0.420 e. The lowest BCUT2D eigenvalue weighted by Crippen LogP contribution is -2.25. The van der Waals surface area contributed by atoms with E-state index in [1.165, 1.54) is 23.3 Å². The molecule has 0 fully saturated rings. The van der Waals surface area contributed by atoms with Crippen LogP contribution in [0.2, 0.25) is 0 Å². The third-order valence-corrected chi connectivity index (χ3v) is 3.40. The minimum absolute atomic E-state index is 0.164. The summed E-state index contributed by atoms with van der Waals surface area (Å²) in [5.41, 5.74) is -0.164. The van der Waals surface area contributed by atoms with E-state index in [9.17, 15) is 4.79 Å². The number of ether oxygens (including phenoxy) is 1. The monoisotopic (exact) mass is 280 g/mol. The number of carbonyl (C=O) groups is 1. The number of nitrogens with zero attached hydrogens (tertiary/aromatic N) is 2. The van der Waals surface area contributed by atoms with Gasteiger partial charge in [-0.15, -0.1) is 11.3 Å². The van der Waals surface area contributed by atoms with Crippen molar-refractivity contribution in [2.45, 2.75) is 26.2 Å². The number of aromatic nitrogens is 1. The largest absolute Gasteiger partial charge is 0.452 e. The Morgan fingerprint density at radius 1 is 1.47 bits per heavy atom. The number of hydrogen-bond donors (Lipinski definition) is 0. The summed E-state index contributed by atoms with van der Waals surface area (Å²) >= 11 is 1.43. The molecule has 0 aliphatic rings. The first kappa shape index (κ1) is 13.6. The van der Waals surface area contributed by atoms with E-state index in [1.54, 1.807) is 6.07 Å². The second kappa shape index (κ2) is 5.05. The predicted molar refractivity (Wildman–Crippen MR) is 74.1 cm³/mol. The van der Waals surface area contributed by atoms with E-state index < -0.39 is 6.09 Å². The topological polar surface area (TPSA) is 55.6 Å². The maximum absolute atomic E-state index is 11.9. The Bertz CT molecular complexity index is 555. The molecular weight excluding hydrogens is 264 g/mol. The number of rotatable bonds is 2. The number of amides is 1. The molecule has 0 saturated carbocycles. The Kier molecular flexibility index (Phi) is 3.61. The fraction of sp³-hybridized carbons (Fsp3) is 0.385. The van der Waals surface area contributed by atoms with Crippen molar-refractivity contribution in [1.29, 1.82) is 0 Å². The second-order valence-electron chi connectivity index (χ2n) is 5.06. The molecule has 2 aromatic rings. The van der Waals surface area contributed by atoms with Crippen molar-refractivity contribution in [3.8, 4) is 0 Å². The highest BCUT2D eigenvalue weighted by Gasteiger charge is 2.26.